The second-order valence-electron chi connectivity index (χ2n) is 8.01. The molecule has 0 spiro atoms. The molecule has 10 heteroatoms. The van der Waals surface area contributed by atoms with Gasteiger partial charge in [0.2, 0.25) is 5.95 Å². The molecule has 0 fully saturated rings. The summed E-state index contributed by atoms with van der Waals surface area (Å²) in [6, 6.07) is 11.2. The highest BCUT2D eigenvalue weighted by Gasteiger charge is 2.15. The molecular formula is C24H27ClFN5O3. The van der Waals surface area contributed by atoms with Gasteiger partial charge in [-0.15, -0.1) is 0 Å². The zero-order valence-corrected chi connectivity index (χ0v) is 20.0. The molecule has 0 aliphatic carbocycles. The minimum atomic E-state index is -0.719. The molecule has 180 valence electrons. The minimum absolute atomic E-state index is 0.00834. The van der Waals surface area contributed by atoms with Gasteiger partial charge in [-0.1, -0.05) is 30.3 Å². The first kappa shape index (κ1) is 25.0. The van der Waals surface area contributed by atoms with Crippen molar-refractivity contribution < 1.29 is 9.13 Å². The Kier molecular flexibility index (Phi) is 8.12. The molecule has 0 aliphatic rings. The highest BCUT2D eigenvalue weighted by molar-refractivity contribution is 6.30. The summed E-state index contributed by atoms with van der Waals surface area (Å²) in [6.45, 7) is 9.68. The van der Waals surface area contributed by atoms with Gasteiger partial charge in [-0.05, 0) is 50.6 Å². The predicted octanol–water partition coefficient (Wildman–Crippen LogP) is 3.90. The molecule has 3 aromatic rings. The molecule has 0 radical (unpaired) electrons. The maximum atomic E-state index is 14.5. The van der Waals surface area contributed by atoms with Crippen LogP contribution in [-0.4, -0.2) is 26.8 Å². The van der Waals surface area contributed by atoms with E-state index < -0.39 is 17.2 Å². The normalized spacial score (nSPS) is 10.9. The van der Waals surface area contributed by atoms with Crippen LogP contribution in [0, 0.1) is 5.82 Å². The fourth-order valence-corrected chi connectivity index (χ4v) is 3.30. The lowest BCUT2D eigenvalue weighted by Gasteiger charge is -2.17. The van der Waals surface area contributed by atoms with Crippen molar-refractivity contribution in [2.75, 3.05) is 11.9 Å². The number of hydrogen-bond acceptors (Lipinski definition) is 6. The topological polar surface area (TPSA) is 90.2 Å². The maximum absolute atomic E-state index is 14.5. The van der Waals surface area contributed by atoms with Gasteiger partial charge in [-0.25, -0.2) is 18.5 Å². The first-order valence-electron chi connectivity index (χ1n) is 10.7. The van der Waals surface area contributed by atoms with E-state index in [1.807, 2.05) is 0 Å². The second kappa shape index (κ2) is 11.0. The highest BCUT2D eigenvalue weighted by Crippen LogP contribution is 2.24. The predicted molar refractivity (Wildman–Crippen MR) is 132 cm³/mol. The van der Waals surface area contributed by atoms with Crippen LogP contribution in [0.2, 0.25) is 5.02 Å². The van der Waals surface area contributed by atoms with Gasteiger partial charge in [0.05, 0.1) is 12.6 Å². The molecule has 3 rings (SSSR count). The van der Waals surface area contributed by atoms with Crippen LogP contribution in [0.5, 0.6) is 5.75 Å². The van der Waals surface area contributed by atoms with E-state index in [0.29, 0.717) is 23.0 Å². The molecule has 0 unspecified atom stereocenters. The first-order valence-corrected chi connectivity index (χ1v) is 11.1. The average Bonchev–Trinajstić information content (AvgIpc) is 2.76. The monoisotopic (exact) mass is 487 g/mol. The lowest BCUT2D eigenvalue weighted by atomic mass is 10.2. The van der Waals surface area contributed by atoms with E-state index in [1.54, 1.807) is 51.1 Å². The van der Waals surface area contributed by atoms with E-state index >= 15 is 0 Å². The van der Waals surface area contributed by atoms with Gasteiger partial charge in [0.15, 0.2) is 11.6 Å². The first-order chi connectivity index (χ1) is 16.1. The van der Waals surface area contributed by atoms with E-state index in [9.17, 15) is 14.0 Å². The van der Waals surface area contributed by atoms with Crippen LogP contribution in [0.1, 0.15) is 26.3 Å². The molecule has 8 nitrogen and oxygen atoms in total. The van der Waals surface area contributed by atoms with Crippen molar-refractivity contribution in [3.63, 3.8) is 0 Å². The molecule has 1 aromatic heterocycles. The molecule has 0 amide bonds. The summed E-state index contributed by atoms with van der Waals surface area (Å²) < 4.78 is 22.3. The van der Waals surface area contributed by atoms with E-state index in [1.165, 1.54) is 16.7 Å². The summed E-state index contributed by atoms with van der Waals surface area (Å²) in [4.78, 5) is 30.0. The number of nitrogens with one attached hydrogen (secondary N) is 2. The van der Waals surface area contributed by atoms with Gasteiger partial charge < -0.3 is 15.4 Å². The summed E-state index contributed by atoms with van der Waals surface area (Å²) in [7, 11) is 0. The van der Waals surface area contributed by atoms with Crippen LogP contribution in [0.3, 0.4) is 0 Å². The van der Waals surface area contributed by atoms with Crippen LogP contribution in [0.15, 0.2) is 64.3 Å². The van der Waals surface area contributed by atoms with E-state index in [0.717, 1.165) is 10.1 Å². The molecule has 0 saturated carbocycles. The largest absolute Gasteiger partial charge is 0.488 e. The van der Waals surface area contributed by atoms with Crippen LogP contribution in [-0.2, 0) is 13.1 Å². The quantitative estimate of drug-likeness (QED) is 0.451. The molecular weight excluding hydrogens is 461 g/mol. The highest BCUT2D eigenvalue weighted by atomic mass is 35.5. The molecule has 0 atom stereocenters. The van der Waals surface area contributed by atoms with E-state index in [2.05, 4.69) is 22.2 Å². The van der Waals surface area contributed by atoms with E-state index in [-0.39, 0.29) is 30.9 Å². The third-order valence-corrected chi connectivity index (χ3v) is 4.97. The Balaban J connectivity index is 2.00. The average molecular weight is 488 g/mol. The molecule has 0 aliphatic heterocycles. The summed E-state index contributed by atoms with van der Waals surface area (Å²) in [6.07, 6.45) is -0.188. The number of allylic oxidation sites excluding steroid dienone is 1. The van der Waals surface area contributed by atoms with Gasteiger partial charge >= 0.3 is 11.4 Å². The van der Waals surface area contributed by atoms with Crippen molar-refractivity contribution in [1.82, 2.24) is 19.4 Å². The molecule has 0 saturated heterocycles. The Bertz CT molecular complexity index is 1290. The van der Waals surface area contributed by atoms with Crippen molar-refractivity contribution in [2.24, 2.45) is 0 Å². The van der Waals surface area contributed by atoms with Gasteiger partial charge in [-0.3, -0.25) is 4.57 Å². The molecule has 2 N–H and O–H groups in total. The molecule has 34 heavy (non-hydrogen) atoms. The van der Waals surface area contributed by atoms with Crippen molar-refractivity contribution in [3.05, 3.63) is 92.1 Å². The summed E-state index contributed by atoms with van der Waals surface area (Å²) >= 11 is 5.97. The number of anilines is 2. The van der Waals surface area contributed by atoms with Crippen molar-refractivity contribution in [2.45, 2.75) is 40.0 Å². The number of aromatic nitrogens is 3. The van der Waals surface area contributed by atoms with Gasteiger partial charge in [0, 0.05) is 35.6 Å². The number of ether oxygens (including phenoxy) is 1. The van der Waals surface area contributed by atoms with Gasteiger partial charge in [-0.2, -0.15) is 4.98 Å². The molecule has 2 aromatic carbocycles. The zero-order chi connectivity index (χ0) is 24.8. The fourth-order valence-electron chi connectivity index (χ4n) is 3.17. The third-order valence-electron chi connectivity index (χ3n) is 4.72. The van der Waals surface area contributed by atoms with Gasteiger partial charge in [0.25, 0.3) is 0 Å². The molecule has 1 heterocycles. The minimum Gasteiger partial charge on any atom is -0.488 e. The number of halogens is 2. The third kappa shape index (κ3) is 6.48. The lowest BCUT2D eigenvalue weighted by Crippen LogP contribution is -2.44. The zero-order valence-electron chi connectivity index (χ0n) is 19.3. The number of rotatable bonds is 10. The van der Waals surface area contributed by atoms with Gasteiger partial charge in [0.1, 0.15) is 0 Å². The maximum Gasteiger partial charge on any atom is 0.355 e. The Morgan fingerprint density at radius 3 is 2.50 bits per heavy atom. The van der Waals surface area contributed by atoms with Crippen LogP contribution in [0.25, 0.3) is 0 Å². The summed E-state index contributed by atoms with van der Waals surface area (Å²) in [5.74, 6) is -0.483. The SMILES string of the molecule is C=C(C)NCCn1c(=O)nc(Nc2ccc(OC(C)C)c(F)c2)n(Cc2ccc(Cl)cc2)c1=O. The van der Waals surface area contributed by atoms with Crippen molar-refractivity contribution in [1.29, 1.82) is 0 Å². The fraction of sp³-hybridized carbons (Fsp3) is 0.292. The Hall–Kier alpha value is -3.59. The van der Waals surface area contributed by atoms with Crippen LogP contribution < -0.4 is 26.7 Å². The van der Waals surface area contributed by atoms with Crippen LogP contribution in [0.4, 0.5) is 16.0 Å². The second-order valence-corrected chi connectivity index (χ2v) is 8.45. The Labute approximate surface area is 201 Å². The summed E-state index contributed by atoms with van der Waals surface area (Å²) in [5.41, 5.74) is 0.525. The van der Waals surface area contributed by atoms with Crippen LogP contribution >= 0.6 is 11.6 Å². The van der Waals surface area contributed by atoms with E-state index in [4.69, 9.17) is 16.3 Å². The standard InChI is InChI=1S/C24H27ClFN5O3/c1-15(2)27-11-12-30-23(32)29-22(28-19-9-10-21(20(26)13-19)34-16(3)4)31(24(30)33)14-17-5-7-18(25)8-6-17/h5-10,13,16,27H,1,11-12,14H2,2-4H3,(H,28,29,32). The number of hydrogen-bond donors (Lipinski definition) is 2. The Morgan fingerprint density at radius 2 is 1.88 bits per heavy atom. The summed E-state index contributed by atoms with van der Waals surface area (Å²) in [5, 5.41) is 6.44. The van der Waals surface area contributed by atoms with Crippen molar-refractivity contribution >= 4 is 23.2 Å². The Morgan fingerprint density at radius 1 is 1.18 bits per heavy atom. The lowest BCUT2D eigenvalue weighted by molar-refractivity contribution is 0.231. The smallest absolute Gasteiger partial charge is 0.355 e. The molecule has 0 bridgehead atoms. The number of benzene rings is 2. The number of nitrogens with zero attached hydrogens (tertiary/aromatic N) is 3. The van der Waals surface area contributed by atoms with Crippen molar-refractivity contribution in [3.8, 4) is 5.75 Å².